The first-order valence-electron chi connectivity index (χ1n) is 11.0. The molecule has 0 aliphatic rings. The van der Waals surface area contributed by atoms with Crippen LogP contribution < -0.4 is 10.1 Å². The lowest BCUT2D eigenvalue weighted by molar-refractivity contribution is -0.122. The molecule has 4 rings (SSSR count). The van der Waals surface area contributed by atoms with Crippen LogP contribution in [0.3, 0.4) is 0 Å². The molecule has 1 unspecified atom stereocenters. The number of ether oxygens (including phenoxy) is 1. The summed E-state index contributed by atoms with van der Waals surface area (Å²) in [5.41, 5.74) is 3.38. The number of methoxy groups -OCH3 is 1. The van der Waals surface area contributed by atoms with E-state index in [1.807, 2.05) is 42.6 Å². The van der Waals surface area contributed by atoms with Crippen LogP contribution in [0.2, 0.25) is 0 Å². The Morgan fingerprint density at radius 2 is 2.00 bits per heavy atom. The molecule has 2 N–H and O–H groups in total. The molecule has 2 heterocycles. The highest BCUT2D eigenvalue weighted by Gasteiger charge is 2.20. The minimum Gasteiger partial charge on any atom is -0.497 e. The number of hydrogen-bond donors (Lipinski definition) is 2. The summed E-state index contributed by atoms with van der Waals surface area (Å²) in [6, 6.07) is 20.4. The van der Waals surface area contributed by atoms with Gasteiger partial charge in [-0.15, -0.1) is 17.9 Å². The maximum atomic E-state index is 12.9. The SMILES string of the molecule is C=CCN(CC(=O)NCC(c1ccc(OC)cc1)c1c[nH]c2ccccc12)Cc1cccs1. The van der Waals surface area contributed by atoms with Crippen molar-refractivity contribution in [3.8, 4) is 5.75 Å². The maximum Gasteiger partial charge on any atom is 0.234 e. The number of nitrogens with zero attached hydrogens (tertiary/aromatic N) is 1. The van der Waals surface area contributed by atoms with E-state index in [2.05, 4.69) is 57.5 Å². The second-order valence-corrected chi connectivity index (χ2v) is 8.99. The number of carbonyl (C=O) groups excluding carboxylic acids is 1. The molecule has 6 heteroatoms. The van der Waals surface area contributed by atoms with Crippen molar-refractivity contribution < 1.29 is 9.53 Å². The first kappa shape index (κ1) is 22.8. The molecule has 1 atom stereocenters. The Bertz CT molecular complexity index is 1180. The van der Waals surface area contributed by atoms with E-state index in [0.29, 0.717) is 19.6 Å². The molecule has 5 nitrogen and oxygen atoms in total. The molecule has 0 radical (unpaired) electrons. The molecule has 4 aromatic rings. The van der Waals surface area contributed by atoms with Gasteiger partial charge in [0, 0.05) is 47.5 Å². The third-order valence-electron chi connectivity index (χ3n) is 5.73. The van der Waals surface area contributed by atoms with Crippen LogP contribution in [0.4, 0.5) is 0 Å². The topological polar surface area (TPSA) is 57.4 Å². The Hall–Kier alpha value is -3.35. The van der Waals surface area contributed by atoms with Crippen LogP contribution in [0.5, 0.6) is 5.75 Å². The van der Waals surface area contributed by atoms with Gasteiger partial charge in [-0.3, -0.25) is 9.69 Å². The molecular weight excluding hydrogens is 430 g/mol. The van der Waals surface area contributed by atoms with E-state index in [1.165, 1.54) is 10.3 Å². The quantitative estimate of drug-likeness (QED) is 0.304. The van der Waals surface area contributed by atoms with Crippen molar-refractivity contribution in [3.63, 3.8) is 0 Å². The number of aromatic nitrogens is 1. The van der Waals surface area contributed by atoms with Crippen LogP contribution in [0.25, 0.3) is 10.9 Å². The number of H-pyrrole nitrogens is 1. The molecule has 0 saturated carbocycles. The molecule has 2 aromatic carbocycles. The van der Waals surface area contributed by atoms with Gasteiger partial charge in [0.1, 0.15) is 5.75 Å². The third-order valence-corrected chi connectivity index (χ3v) is 6.59. The lowest BCUT2D eigenvalue weighted by atomic mass is 9.90. The zero-order chi connectivity index (χ0) is 23.0. The Kier molecular flexibility index (Phi) is 7.60. The van der Waals surface area contributed by atoms with Crippen LogP contribution in [0.1, 0.15) is 21.9 Å². The fourth-order valence-electron chi connectivity index (χ4n) is 4.09. The zero-order valence-corrected chi connectivity index (χ0v) is 19.6. The Balaban J connectivity index is 1.51. The molecule has 2 aromatic heterocycles. The summed E-state index contributed by atoms with van der Waals surface area (Å²) >= 11 is 1.70. The maximum absolute atomic E-state index is 12.9. The summed E-state index contributed by atoms with van der Waals surface area (Å²) < 4.78 is 5.33. The van der Waals surface area contributed by atoms with E-state index < -0.39 is 0 Å². The summed E-state index contributed by atoms with van der Waals surface area (Å²) in [7, 11) is 1.66. The number of benzene rings is 2. The highest BCUT2D eigenvalue weighted by Crippen LogP contribution is 2.31. The molecule has 1 amide bonds. The van der Waals surface area contributed by atoms with Crippen molar-refractivity contribution in [1.29, 1.82) is 0 Å². The van der Waals surface area contributed by atoms with Gasteiger partial charge in [-0.25, -0.2) is 0 Å². The average molecular weight is 460 g/mol. The van der Waals surface area contributed by atoms with Gasteiger partial charge in [0.25, 0.3) is 0 Å². The molecule has 170 valence electrons. The average Bonchev–Trinajstić information content (AvgIpc) is 3.50. The number of amides is 1. The van der Waals surface area contributed by atoms with Crippen LogP contribution in [-0.2, 0) is 11.3 Å². The molecule has 0 spiro atoms. The molecule has 0 saturated heterocycles. The van der Waals surface area contributed by atoms with Crippen LogP contribution >= 0.6 is 11.3 Å². The number of aromatic amines is 1. The largest absolute Gasteiger partial charge is 0.497 e. The number of fused-ring (bicyclic) bond motifs is 1. The third kappa shape index (κ3) is 5.72. The van der Waals surface area contributed by atoms with E-state index in [4.69, 9.17) is 4.74 Å². The van der Waals surface area contributed by atoms with Crippen molar-refractivity contribution in [1.82, 2.24) is 15.2 Å². The lowest BCUT2D eigenvalue weighted by Gasteiger charge is -2.22. The minimum atomic E-state index is 0.00626. The summed E-state index contributed by atoms with van der Waals surface area (Å²) in [4.78, 5) is 19.6. The Labute approximate surface area is 198 Å². The highest BCUT2D eigenvalue weighted by atomic mass is 32.1. The highest BCUT2D eigenvalue weighted by molar-refractivity contribution is 7.09. The van der Waals surface area contributed by atoms with Crippen LogP contribution in [-0.4, -0.2) is 42.5 Å². The second-order valence-electron chi connectivity index (χ2n) is 7.96. The van der Waals surface area contributed by atoms with Crippen LogP contribution in [0, 0.1) is 0 Å². The van der Waals surface area contributed by atoms with Crippen molar-refractivity contribution in [2.45, 2.75) is 12.5 Å². The van der Waals surface area contributed by atoms with Crippen molar-refractivity contribution >= 4 is 28.1 Å². The lowest BCUT2D eigenvalue weighted by Crippen LogP contribution is -2.38. The summed E-state index contributed by atoms with van der Waals surface area (Å²) in [5, 5.41) is 6.40. The molecule has 33 heavy (non-hydrogen) atoms. The van der Waals surface area contributed by atoms with E-state index in [0.717, 1.165) is 28.9 Å². The zero-order valence-electron chi connectivity index (χ0n) is 18.8. The van der Waals surface area contributed by atoms with Gasteiger partial charge in [-0.1, -0.05) is 42.5 Å². The number of hydrogen-bond acceptors (Lipinski definition) is 4. The first-order chi connectivity index (χ1) is 16.2. The summed E-state index contributed by atoms with van der Waals surface area (Å²) in [6.07, 6.45) is 3.89. The van der Waals surface area contributed by atoms with Gasteiger partial charge in [0.15, 0.2) is 0 Å². The van der Waals surface area contributed by atoms with E-state index in [1.54, 1.807) is 18.4 Å². The molecule has 0 aliphatic carbocycles. The first-order valence-corrected chi connectivity index (χ1v) is 11.9. The number of nitrogens with one attached hydrogen (secondary N) is 2. The summed E-state index contributed by atoms with van der Waals surface area (Å²) in [5.74, 6) is 0.835. The predicted molar refractivity (Wildman–Crippen MR) is 136 cm³/mol. The standard InChI is InChI=1S/C27H29N3O2S/c1-3-14-30(18-22-7-6-15-33-22)19-27(31)29-16-24(20-10-12-21(32-2)13-11-20)25-17-28-26-9-5-4-8-23(25)26/h3-13,15,17,24,28H,1,14,16,18-19H2,2H3,(H,29,31). The second kappa shape index (κ2) is 11.0. The monoisotopic (exact) mass is 459 g/mol. The number of para-hydroxylation sites is 1. The fraction of sp³-hybridized carbons (Fsp3) is 0.222. The Morgan fingerprint density at radius 3 is 2.73 bits per heavy atom. The molecular formula is C27H29N3O2S. The smallest absolute Gasteiger partial charge is 0.234 e. The minimum absolute atomic E-state index is 0.00626. The van der Waals surface area contributed by atoms with Gasteiger partial charge in [0.2, 0.25) is 5.91 Å². The van der Waals surface area contributed by atoms with Gasteiger partial charge in [-0.2, -0.15) is 0 Å². The normalized spacial score (nSPS) is 12.1. The molecule has 0 bridgehead atoms. The van der Waals surface area contributed by atoms with Gasteiger partial charge < -0.3 is 15.0 Å². The van der Waals surface area contributed by atoms with Gasteiger partial charge >= 0.3 is 0 Å². The van der Waals surface area contributed by atoms with Crippen LogP contribution in [0.15, 0.2) is 84.9 Å². The summed E-state index contributed by atoms with van der Waals surface area (Å²) in [6.45, 7) is 6.08. The van der Waals surface area contributed by atoms with Gasteiger partial charge in [-0.05, 0) is 40.8 Å². The fourth-order valence-corrected chi connectivity index (χ4v) is 4.84. The Morgan fingerprint density at radius 1 is 1.18 bits per heavy atom. The van der Waals surface area contributed by atoms with Crippen molar-refractivity contribution in [2.75, 3.05) is 26.7 Å². The predicted octanol–water partition coefficient (Wildman–Crippen LogP) is 5.17. The van der Waals surface area contributed by atoms with E-state index >= 15 is 0 Å². The number of rotatable bonds is 11. The van der Waals surface area contributed by atoms with Crippen molar-refractivity contribution in [2.24, 2.45) is 0 Å². The van der Waals surface area contributed by atoms with E-state index in [9.17, 15) is 4.79 Å². The van der Waals surface area contributed by atoms with E-state index in [-0.39, 0.29) is 11.8 Å². The number of carbonyl (C=O) groups is 1. The van der Waals surface area contributed by atoms with Crippen molar-refractivity contribution in [3.05, 3.63) is 101 Å². The molecule has 0 aliphatic heterocycles. The van der Waals surface area contributed by atoms with Gasteiger partial charge in [0.05, 0.1) is 13.7 Å². The molecule has 0 fully saturated rings. The number of thiophene rings is 1.